The van der Waals surface area contributed by atoms with Crippen molar-refractivity contribution in [2.75, 3.05) is 0 Å². The molecule has 0 aliphatic carbocycles. The van der Waals surface area contributed by atoms with Crippen LogP contribution in [0.3, 0.4) is 0 Å². The predicted molar refractivity (Wildman–Crippen MR) is 111 cm³/mol. The topological polar surface area (TPSA) is 83.3 Å². The van der Waals surface area contributed by atoms with Gasteiger partial charge in [0.15, 0.2) is 11.2 Å². The summed E-state index contributed by atoms with van der Waals surface area (Å²) < 4.78 is 6.08. The zero-order valence-corrected chi connectivity index (χ0v) is 17.4. The second-order valence-electron chi connectivity index (χ2n) is 7.65. The van der Waals surface area contributed by atoms with Gasteiger partial charge in [0.05, 0.1) is 12.2 Å². The van der Waals surface area contributed by atoms with Crippen molar-refractivity contribution in [2.24, 2.45) is 7.05 Å². The Morgan fingerprint density at radius 3 is 2.38 bits per heavy atom. The average molecular weight is 393 g/mol. The summed E-state index contributed by atoms with van der Waals surface area (Å²) >= 11 is 0. The van der Waals surface area contributed by atoms with E-state index in [-0.39, 0.29) is 12.3 Å². The molecule has 0 radical (unpaired) electrons. The van der Waals surface area contributed by atoms with E-state index in [0.717, 1.165) is 32.8 Å². The Bertz CT molecular complexity index is 1450. The van der Waals surface area contributed by atoms with Crippen LogP contribution in [-0.4, -0.2) is 28.9 Å². The van der Waals surface area contributed by atoms with Crippen molar-refractivity contribution in [1.82, 2.24) is 23.1 Å². The quantitative estimate of drug-likeness (QED) is 0.533. The number of imidazole rings is 2. The zero-order chi connectivity index (χ0) is 21.2. The molecular weight excluding hydrogens is 370 g/mol. The molecule has 0 amide bonds. The highest BCUT2D eigenvalue weighted by molar-refractivity contribution is 5.79. The van der Waals surface area contributed by atoms with Crippen molar-refractivity contribution < 1.29 is 4.79 Å². The molecule has 0 bridgehead atoms. The molecule has 0 saturated heterocycles. The van der Waals surface area contributed by atoms with E-state index in [9.17, 15) is 14.4 Å². The van der Waals surface area contributed by atoms with E-state index in [1.807, 2.05) is 44.4 Å². The number of carbonyl (C=O) groups is 1. The largest absolute Gasteiger partial charge is 0.332 e. The molecule has 0 N–H and O–H groups in total. The standard InChI is InChI=1S/C21H23N5O3/c1-11-7-8-16(12(2)9-11)25-14(4)15(5)26-17-18(22-20(25)26)23(6)21(29)24(19(17)28)10-13(3)27/h7-9H,10H2,1-6H3. The minimum Gasteiger partial charge on any atom is -0.298 e. The maximum Gasteiger partial charge on any atom is 0.332 e. The van der Waals surface area contributed by atoms with E-state index in [4.69, 9.17) is 0 Å². The lowest BCUT2D eigenvalue weighted by Gasteiger charge is -2.10. The number of aromatic nitrogens is 5. The lowest BCUT2D eigenvalue weighted by atomic mass is 10.1. The number of ketones is 1. The van der Waals surface area contributed by atoms with Gasteiger partial charge in [0.1, 0.15) is 5.78 Å². The monoisotopic (exact) mass is 393 g/mol. The lowest BCUT2D eigenvalue weighted by molar-refractivity contribution is -0.117. The van der Waals surface area contributed by atoms with Gasteiger partial charge in [0, 0.05) is 18.4 Å². The summed E-state index contributed by atoms with van der Waals surface area (Å²) in [6.07, 6.45) is 0. The van der Waals surface area contributed by atoms with E-state index in [1.165, 1.54) is 11.5 Å². The van der Waals surface area contributed by atoms with Crippen molar-refractivity contribution in [3.8, 4) is 5.69 Å². The number of fused-ring (bicyclic) bond motifs is 3. The van der Waals surface area contributed by atoms with Crippen LogP contribution < -0.4 is 11.2 Å². The molecular formula is C21H23N5O3. The minimum absolute atomic E-state index is 0.259. The van der Waals surface area contributed by atoms with E-state index < -0.39 is 11.2 Å². The molecule has 8 nitrogen and oxygen atoms in total. The summed E-state index contributed by atoms with van der Waals surface area (Å²) in [5.41, 5.74) is 4.56. The highest BCUT2D eigenvalue weighted by Crippen LogP contribution is 2.26. The Balaban J connectivity index is 2.20. The second-order valence-corrected chi connectivity index (χ2v) is 7.65. The number of hydrogen-bond acceptors (Lipinski definition) is 4. The van der Waals surface area contributed by atoms with Crippen molar-refractivity contribution in [3.05, 3.63) is 61.6 Å². The van der Waals surface area contributed by atoms with Gasteiger partial charge in [0.2, 0.25) is 5.78 Å². The highest BCUT2D eigenvalue weighted by atomic mass is 16.2. The Hall–Kier alpha value is -3.42. The first-order chi connectivity index (χ1) is 13.6. The van der Waals surface area contributed by atoms with Crippen LogP contribution in [0.5, 0.6) is 0 Å². The van der Waals surface area contributed by atoms with Crippen LogP contribution in [0.2, 0.25) is 0 Å². The molecule has 0 saturated carbocycles. The maximum atomic E-state index is 13.2. The van der Waals surface area contributed by atoms with Crippen molar-refractivity contribution in [3.63, 3.8) is 0 Å². The smallest absolute Gasteiger partial charge is 0.298 e. The third-order valence-electron chi connectivity index (χ3n) is 5.49. The van der Waals surface area contributed by atoms with Gasteiger partial charge in [0.25, 0.3) is 5.56 Å². The maximum absolute atomic E-state index is 13.2. The van der Waals surface area contributed by atoms with Crippen LogP contribution in [0.1, 0.15) is 29.4 Å². The number of benzene rings is 1. The van der Waals surface area contributed by atoms with Gasteiger partial charge in [-0.1, -0.05) is 17.7 Å². The summed E-state index contributed by atoms with van der Waals surface area (Å²) in [7, 11) is 1.57. The van der Waals surface area contributed by atoms with E-state index in [1.54, 1.807) is 11.4 Å². The SMILES string of the molecule is CC(=O)Cn1c(=O)c2c(nc3n(-c4ccc(C)cc4C)c(C)c(C)n23)n(C)c1=O. The number of carbonyl (C=O) groups excluding carboxylic acids is 1. The molecule has 4 aromatic rings. The first-order valence-corrected chi connectivity index (χ1v) is 9.40. The second kappa shape index (κ2) is 6.30. The summed E-state index contributed by atoms with van der Waals surface area (Å²) in [4.78, 5) is 42.1. The van der Waals surface area contributed by atoms with Crippen LogP contribution in [0, 0.1) is 27.7 Å². The summed E-state index contributed by atoms with van der Waals surface area (Å²) in [5.74, 6) is 0.305. The molecule has 0 spiro atoms. The van der Waals surface area contributed by atoms with Crippen LogP contribution in [0.15, 0.2) is 27.8 Å². The summed E-state index contributed by atoms with van der Waals surface area (Å²) in [5, 5.41) is 0. The lowest BCUT2D eigenvalue weighted by Crippen LogP contribution is -2.40. The Morgan fingerprint density at radius 2 is 1.76 bits per heavy atom. The van der Waals surface area contributed by atoms with E-state index in [2.05, 4.69) is 11.1 Å². The Kier molecular flexibility index (Phi) is 4.11. The summed E-state index contributed by atoms with van der Waals surface area (Å²) in [6.45, 7) is 9.07. The number of hydrogen-bond donors (Lipinski definition) is 0. The fourth-order valence-electron chi connectivity index (χ4n) is 3.96. The van der Waals surface area contributed by atoms with Crippen molar-refractivity contribution in [1.29, 1.82) is 0 Å². The fraction of sp³-hybridized carbons (Fsp3) is 0.333. The third kappa shape index (κ3) is 2.59. The van der Waals surface area contributed by atoms with Gasteiger partial charge in [-0.05, 0) is 46.2 Å². The molecule has 3 heterocycles. The van der Waals surface area contributed by atoms with Crippen LogP contribution in [0.25, 0.3) is 22.6 Å². The Labute approximate surface area is 166 Å². The number of rotatable bonds is 3. The minimum atomic E-state index is -0.550. The molecule has 4 rings (SSSR count). The zero-order valence-electron chi connectivity index (χ0n) is 17.4. The fourth-order valence-corrected chi connectivity index (χ4v) is 3.96. The molecule has 1 aromatic carbocycles. The van der Waals surface area contributed by atoms with E-state index in [0.29, 0.717) is 16.9 Å². The van der Waals surface area contributed by atoms with Gasteiger partial charge in [-0.15, -0.1) is 0 Å². The highest BCUT2D eigenvalue weighted by Gasteiger charge is 2.23. The molecule has 0 aliphatic heterocycles. The van der Waals surface area contributed by atoms with E-state index >= 15 is 0 Å². The molecule has 0 atom stereocenters. The molecule has 3 aromatic heterocycles. The predicted octanol–water partition coefficient (Wildman–Crippen LogP) is 1.96. The third-order valence-corrected chi connectivity index (χ3v) is 5.49. The first kappa shape index (κ1) is 18.9. The normalized spacial score (nSPS) is 11.7. The van der Waals surface area contributed by atoms with Crippen molar-refractivity contribution in [2.45, 2.75) is 41.2 Å². The molecule has 0 fully saturated rings. The molecule has 0 unspecified atom stereocenters. The number of Topliss-reactive ketones (excluding diaryl/α,β-unsaturated/α-hetero) is 1. The first-order valence-electron chi connectivity index (χ1n) is 9.40. The van der Waals surface area contributed by atoms with Gasteiger partial charge in [-0.3, -0.25) is 27.7 Å². The molecule has 8 heteroatoms. The molecule has 29 heavy (non-hydrogen) atoms. The van der Waals surface area contributed by atoms with Crippen LogP contribution in [-0.2, 0) is 18.4 Å². The van der Waals surface area contributed by atoms with Gasteiger partial charge < -0.3 is 0 Å². The molecule has 150 valence electrons. The number of nitrogens with zero attached hydrogens (tertiary/aromatic N) is 5. The number of aryl methyl sites for hydroxylation is 4. The van der Waals surface area contributed by atoms with Crippen molar-refractivity contribution >= 4 is 22.7 Å². The van der Waals surface area contributed by atoms with Gasteiger partial charge in [-0.2, -0.15) is 4.98 Å². The average Bonchev–Trinajstić information content (AvgIpc) is 3.14. The van der Waals surface area contributed by atoms with Gasteiger partial charge >= 0.3 is 5.69 Å². The van der Waals surface area contributed by atoms with Crippen LogP contribution >= 0.6 is 0 Å². The van der Waals surface area contributed by atoms with Crippen LogP contribution in [0.4, 0.5) is 0 Å². The van der Waals surface area contributed by atoms with Gasteiger partial charge in [-0.25, -0.2) is 4.79 Å². The Morgan fingerprint density at radius 1 is 1.07 bits per heavy atom. The summed E-state index contributed by atoms with van der Waals surface area (Å²) in [6, 6.07) is 6.16. The molecule has 0 aliphatic rings.